The van der Waals surface area contributed by atoms with Crippen LogP contribution >= 0.6 is 0 Å². The maximum Gasteiger partial charge on any atom is 1.00 e. The summed E-state index contributed by atoms with van der Waals surface area (Å²) in [5.74, 6) is 1.56. The van der Waals surface area contributed by atoms with Crippen LogP contribution in [0.15, 0.2) is 206 Å². The standard InChI is InChI=1S/C40H42N8O4.C32H46O.C20H25N.K.H/c1-46(24-27-11-3-2-4-12-27)40(52)34(22-28-18-19-29-13-5-6-14-30(29)21-28)41-38(50)36-23-31(49)25-48(36)39(51)33-26-47(35-16-8-7-15-32(33)35)20-10-9-17-37-42-44-45-43-37;1-23-18-24(2)20-28(19-23)25(3)33-29-15-10-14-27(30(29)26-12-8-7-9-13-26)21-32(6)17-11-16-31(4,5)22-32;1-16-8-5-6-9-17(16)13-14-19-12-7-15-21-20(19)18-10-3-2-4-11-18;;/h2-8,11-16,18-19,21,26,31,34,36,49H,9-10,17,20,22-25H2,1H3,(H,41,50)(H,42,43,44,45);7-9,12-13,18-20,25,27,29-30H,10-11,14-17,21-22H2,1-6H3;2-6,8-11,19-21H,7,12-15H2,1H3;;/q;;;+1;-1/t31-,34+,36-;25-,27+,29?,30+,32?;19-,20+;;/m111../s1. The van der Waals surface area contributed by atoms with Crippen LogP contribution in [-0.4, -0.2) is 102 Å². The molecule has 14 nitrogen and oxygen atoms in total. The Morgan fingerprint density at radius 1 is 0.720 bits per heavy atom. The van der Waals surface area contributed by atoms with Crippen molar-refractivity contribution >= 4 is 39.4 Å². The minimum Gasteiger partial charge on any atom is -1.00 e. The Kier molecular flexibility index (Phi) is 28.8. The van der Waals surface area contributed by atoms with Crippen molar-refractivity contribution in [2.75, 3.05) is 20.1 Å². The molecule has 2 aliphatic heterocycles. The van der Waals surface area contributed by atoms with E-state index in [1.165, 1.54) is 121 Å². The Bertz CT molecular complexity index is 4460. The summed E-state index contributed by atoms with van der Waals surface area (Å²) >= 11 is 0. The van der Waals surface area contributed by atoms with Gasteiger partial charge in [-0.2, -0.15) is 5.21 Å². The van der Waals surface area contributed by atoms with Gasteiger partial charge in [0.25, 0.3) is 5.91 Å². The van der Waals surface area contributed by atoms with Crippen molar-refractivity contribution in [1.82, 2.24) is 45.6 Å². The second-order valence-corrected chi connectivity index (χ2v) is 32.3. The first-order valence-corrected chi connectivity index (χ1v) is 39.3. The minimum atomic E-state index is -0.953. The Labute approximate surface area is 679 Å². The molecule has 4 heterocycles. The van der Waals surface area contributed by atoms with Crippen molar-refractivity contribution in [3.05, 3.63) is 268 Å². The fourth-order valence-corrected chi connectivity index (χ4v) is 18.2. The Hall–Kier alpha value is -7.44. The van der Waals surface area contributed by atoms with Crippen molar-refractivity contribution in [2.24, 2.45) is 22.7 Å². The number of piperidine rings is 1. The third-order valence-electron chi connectivity index (χ3n) is 23.1. The zero-order chi connectivity index (χ0) is 74.2. The van der Waals surface area contributed by atoms with Gasteiger partial charge in [-0.25, -0.2) is 0 Å². The average Bonchev–Trinajstić information content (AvgIpc) is 1.54. The van der Waals surface area contributed by atoms with E-state index < -0.39 is 24.1 Å². The van der Waals surface area contributed by atoms with Crippen LogP contribution in [0.4, 0.5) is 0 Å². The third-order valence-corrected chi connectivity index (χ3v) is 23.1. The van der Waals surface area contributed by atoms with Crippen LogP contribution in [0.25, 0.3) is 21.7 Å². The van der Waals surface area contributed by atoms with Crippen molar-refractivity contribution < 1.29 is 77.0 Å². The second kappa shape index (κ2) is 38.3. The van der Waals surface area contributed by atoms with Gasteiger partial charge in [-0.3, -0.25) is 14.4 Å². The number of tetrazole rings is 1. The molecular formula is C92H114KN9O5. The molecule has 4 aliphatic rings. The number of ether oxygens (including phenoxy) is 1. The van der Waals surface area contributed by atoms with Crippen LogP contribution < -0.4 is 62.0 Å². The number of benzene rings is 8. The third kappa shape index (κ3) is 21.7. The molecule has 558 valence electrons. The Morgan fingerprint density at radius 2 is 1.40 bits per heavy atom. The van der Waals surface area contributed by atoms with Gasteiger partial charge in [-0.1, -0.05) is 244 Å². The fraction of sp³-hybridized carbons (Fsp3) is 0.435. The molecule has 3 amide bonds. The summed E-state index contributed by atoms with van der Waals surface area (Å²) in [5, 5.41) is 34.6. The van der Waals surface area contributed by atoms with Crippen LogP contribution in [0, 0.1) is 43.4 Å². The van der Waals surface area contributed by atoms with Crippen molar-refractivity contribution in [3.8, 4) is 0 Å². The van der Waals surface area contributed by atoms with Gasteiger partial charge in [-0.15, -0.1) is 10.2 Å². The van der Waals surface area contributed by atoms with E-state index in [0.717, 1.165) is 58.1 Å². The topological polar surface area (TPSA) is 171 Å². The summed E-state index contributed by atoms with van der Waals surface area (Å²) in [6, 6.07) is 68.0. The molecule has 2 unspecified atom stereocenters. The van der Waals surface area contributed by atoms with Crippen LogP contribution in [0.2, 0.25) is 0 Å². The number of hydrogen-bond donors (Lipinski definition) is 4. The maximum absolute atomic E-state index is 14.3. The number of nitrogens with one attached hydrogen (secondary N) is 3. The molecule has 0 spiro atoms. The van der Waals surface area contributed by atoms with E-state index in [9.17, 15) is 19.5 Å². The van der Waals surface area contributed by atoms with E-state index in [0.29, 0.717) is 65.7 Å². The van der Waals surface area contributed by atoms with Gasteiger partial charge in [0, 0.05) is 75.0 Å². The van der Waals surface area contributed by atoms with Crippen molar-refractivity contribution in [1.29, 1.82) is 0 Å². The predicted octanol–water partition coefficient (Wildman–Crippen LogP) is 15.4. The molecule has 4 fully saturated rings. The number of carbonyl (C=O) groups is 3. The van der Waals surface area contributed by atoms with Gasteiger partial charge < -0.3 is 36.3 Å². The van der Waals surface area contributed by atoms with E-state index in [4.69, 9.17) is 4.74 Å². The summed E-state index contributed by atoms with van der Waals surface area (Å²) in [7, 11) is 1.73. The van der Waals surface area contributed by atoms with Crippen molar-refractivity contribution in [2.45, 2.75) is 213 Å². The molecule has 2 saturated heterocycles. The molecule has 0 radical (unpaired) electrons. The van der Waals surface area contributed by atoms with Gasteiger partial charge in [0.05, 0.1) is 23.9 Å². The number of aliphatic hydroxyl groups excluding tert-OH is 1. The summed E-state index contributed by atoms with van der Waals surface area (Å²) in [6.07, 6.45) is 19.9. The number of aryl methyl sites for hydroxylation is 6. The maximum atomic E-state index is 14.3. The zero-order valence-electron chi connectivity index (χ0n) is 65.9. The number of unbranched alkanes of at least 4 members (excludes halogenated alkanes) is 1. The molecule has 10 atom stereocenters. The minimum absolute atomic E-state index is 0. The van der Waals surface area contributed by atoms with Gasteiger partial charge in [0.1, 0.15) is 12.1 Å². The van der Waals surface area contributed by atoms with E-state index in [1.807, 2.05) is 103 Å². The van der Waals surface area contributed by atoms with Crippen LogP contribution in [0.5, 0.6) is 0 Å². The van der Waals surface area contributed by atoms with E-state index in [2.05, 4.69) is 187 Å². The number of aromatic amines is 1. The smallest absolute Gasteiger partial charge is 1.00 e. The Balaban J connectivity index is 0.000000189. The van der Waals surface area contributed by atoms with Crippen molar-refractivity contribution in [3.63, 3.8) is 0 Å². The molecule has 107 heavy (non-hydrogen) atoms. The number of hydrogen-bond acceptors (Lipinski definition) is 9. The fourth-order valence-electron chi connectivity index (χ4n) is 18.2. The summed E-state index contributed by atoms with van der Waals surface area (Å²) < 4.78 is 9.00. The van der Waals surface area contributed by atoms with Crippen LogP contribution in [0.3, 0.4) is 0 Å². The first kappa shape index (κ1) is 80.6. The van der Waals surface area contributed by atoms with Gasteiger partial charge in [0.15, 0.2) is 5.82 Å². The SMILES string of the molecule is CN(Cc1ccccc1)C(=O)[C@H](Cc1ccc2ccccc2c1)NC(=O)[C@H]1C[C@@H](O)CN1C(=O)c1cn(CCCCc2nn[nH]n2)c2ccccc12.Cc1cc(C)cc([C@@H](C)OC2CCC[C@@H](CC3(C)CCCC(C)(C)C3)[C@@H]2c2ccccc2)c1.Cc1ccccc1CC[C@H]1CCCN[C@H]1c1ccccc1.[H-].[K+]. The normalized spacial score (nSPS) is 21.7. The number of aliphatic hydroxyl groups is 1. The number of likely N-dealkylation sites (tertiary alicyclic amines) is 1. The first-order chi connectivity index (χ1) is 51.3. The molecule has 4 N–H and O–H groups in total. The number of nitrogens with zero attached hydrogens (tertiary/aromatic N) is 6. The zero-order valence-corrected chi connectivity index (χ0v) is 68.1. The van der Waals surface area contributed by atoms with E-state index in [-0.39, 0.29) is 90.1 Å². The first-order valence-electron chi connectivity index (χ1n) is 39.3. The molecule has 2 saturated carbocycles. The summed E-state index contributed by atoms with van der Waals surface area (Å²) in [4.78, 5) is 45.6. The number of carbonyl (C=O) groups excluding carboxylic acids is 3. The summed E-state index contributed by atoms with van der Waals surface area (Å²) in [6.45, 7) is 18.6. The number of β-amino-alcohol motifs (C(OH)–C–C–N with tert-alkyl or cyclic N) is 1. The number of amides is 3. The molecule has 2 aliphatic carbocycles. The van der Waals surface area contributed by atoms with Crippen LogP contribution in [0.1, 0.15) is 203 Å². The number of para-hydroxylation sites is 1. The molecule has 15 heteroatoms. The number of fused-ring (bicyclic) bond motifs is 2. The number of H-pyrrole nitrogens is 1. The molecule has 14 rings (SSSR count). The van der Waals surface area contributed by atoms with Gasteiger partial charge >= 0.3 is 51.4 Å². The summed E-state index contributed by atoms with van der Waals surface area (Å²) in [5.41, 5.74) is 14.0. The molecule has 0 bridgehead atoms. The van der Waals surface area contributed by atoms with Crippen LogP contribution in [-0.2, 0) is 46.7 Å². The Morgan fingerprint density at radius 3 is 2.13 bits per heavy atom. The second-order valence-electron chi connectivity index (χ2n) is 32.3. The molecule has 8 aromatic carbocycles. The van der Waals surface area contributed by atoms with E-state index >= 15 is 0 Å². The number of rotatable bonds is 23. The molecule has 2 aromatic heterocycles. The van der Waals surface area contributed by atoms with Gasteiger partial charge in [0.2, 0.25) is 11.8 Å². The van der Waals surface area contributed by atoms with E-state index in [1.54, 1.807) is 11.9 Å². The quantitative estimate of drug-likeness (QED) is 0.0359. The monoisotopic (exact) mass is 1460 g/mol. The van der Waals surface area contributed by atoms with Gasteiger partial charge in [-0.05, 0) is 190 Å². The number of aromatic nitrogens is 5. The largest absolute Gasteiger partial charge is 1.00 e. The number of likely N-dealkylation sites (N-methyl/N-ethyl adjacent to an activating group) is 1. The molecular weight excluding hydrogens is 1350 g/mol. The average molecular weight is 1470 g/mol. The predicted molar refractivity (Wildman–Crippen MR) is 428 cm³/mol. The molecule has 10 aromatic rings.